The smallest absolute Gasteiger partial charge is 0.246 e. The van der Waals surface area contributed by atoms with Crippen LogP contribution in [0.5, 0.6) is 0 Å². The van der Waals surface area contributed by atoms with Gasteiger partial charge in [-0.1, -0.05) is 30.3 Å². The van der Waals surface area contributed by atoms with E-state index in [-0.39, 0.29) is 18.4 Å². The highest BCUT2D eigenvalue weighted by molar-refractivity contribution is 5.97. The van der Waals surface area contributed by atoms with E-state index in [1.165, 1.54) is 4.90 Å². The lowest BCUT2D eigenvalue weighted by atomic mass is 10.0. The molecule has 2 amide bonds. The van der Waals surface area contributed by atoms with Crippen LogP contribution in [0.25, 0.3) is 0 Å². The Morgan fingerprint density at radius 2 is 2.00 bits per heavy atom. The van der Waals surface area contributed by atoms with Crippen LogP contribution in [0.15, 0.2) is 30.3 Å². The normalized spacial score (nSPS) is 30.2. The summed E-state index contributed by atoms with van der Waals surface area (Å²) in [4.78, 5) is 25.8. The molecule has 0 spiro atoms. The zero-order valence-corrected chi connectivity index (χ0v) is 10.5. The molecule has 2 N–H and O–H groups in total. The molecule has 5 heteroatoms. The van der Waals surface area contributed by atoms with Crippen molar-refractivity contribution in [2.45, 2.75) is 31.0 Å². The molecule has 3 rings (SSSR count). The van der Waals surface area contributed by atoms with E-state index in [2.05, 4.69) is 5.32 Å². The minimum atomic E-state index is -0.588. The highest BCUT2D eigenvalue weighted by atomic mass is 16.3. The lowest BCUT2D eigenvalue weighted by molar-refractivity contribution is -0.147. The fourth-order valence-electron chi connectivity index (χ4n) is 2.82. The number of hydrogen-bond acceptors (Lipinski definition) is 3. The molecule has 0 saturated carbocycles. The number of piperazine rings is 1. The zero-order chi connectivity index (χ0) is 13.4. The zero-order valence-electron chi connectivity index (χ0n) is 10.5. The molecule has 19 heavy (non-hydrogen) atoms. The first-order valence-electron chi connectivity index (χ1n) is 6.48. The van der Waals surface area contributed by atoms with Crippen LogP contribution in [0.4, 0.5) is 0 Å². The fourth-order valence-corrected chi connectivity index (χ4v) is 2.82. The molecule has 100 valence electrons. The fraction of sp³-hybridized carbons (Fsp3) is 0.429. The van der Waals surface area contributed by atoms with Crippen LogP contribution in [0.1, 0.15) is 12.0 Å². The highest BCUT2D eigenvalue weighted by Crippen LogP contribution is 2.23. The minimum absolute atomic E-state index is 0.0926. The Morgan fingerprint density at radius 3 is 2.74 bits per heavy atom. The van der Waals surface area contributed by atoms with Gasteiger partial charge < -0.3 is 15.3 Å². The van der Waals surface area contributed by atoms with Crippen molar-refractivity contribution in [2.24, 2.45) is 0 Å². The minimum Gasteiger partial charge on any atom is -0.391 e. The number of nitrogens with one attached hydrogen (secondary N) is 1. The molecule has 1 aromatic carbocycles. The van der Waals surface area contributed by atoms with Crippen LogP contribution in [-0.4, -0.2) is 46.6 Å². The Morgan fingerprint density at radius 1 is 1.26 bits per heavy atom. The molecule has 0 aromatic heterocycles. The number of carbonyl (C=O) groups excluding carboxylic acids is 2. The summed E-state index contributed by atoms with van der Waals surface area (Å²) in [5.74, 6) is -0.248. The topological polar surface area (TPSA) is 69.6 Å². The Hall–Kier alpha value is -1.88. The molecule has 0 radical (unpaired) electrons. The number of rotatable bonds is 2. The number of aliphatic hydroxyl groups is 1. The summed E-state index contributed by atoms with van der Waals surface area (Å²) >= 11 is 0. The van der Waals surface area contributed by atoms with E-state index in [1.807, 2.05) is 30.3 Å². The lowest BCUT2D eigenvalue weighted by Gasteiger charge is -2.34. The van der Waals surface area contributed by atoms with E-state index in [9.17, 15) is 14.7 Å². The number of aliphatic hydroxyl groups excluding tert-OH is 1. The van der Waals surface area contributed by atoms with Gasteiger partial charge in [0.2, 0.25) is 11.8 Å². The summed E-state index contributed by atoms with van der Waals surface area (Å²) in [6.07, 6.45) is 0.246. The van der Waals surface area contributed by atoms with Crippen LogP contribution >= 0.6 is 0 Å². The Labute approximate surface area is 111 Å². The maximum atomic E-state index is 12.3. The number of hydrogen-bond donors (Lipinski definition) is 2. The second-order valence-electron chi connectivity index (χ2n) is 5.15. The second-order valence-corrected chi connectivity index (χ2v) is 5.15. The van der Waals surface area contributed by atoms with Gasteiger partial charge in [0.25, 0.3) is 0 Å². The first kappa shape index (κ1) is 12.2. The van der Waals surface area contributed by atoms with Gasteiger partial charge in [0.1, 0.15) is 12.1 Å². The number of benzene rings is 1. The van der Waals surface area contributed by atoms with Crippen molar-refractivity contribution in [3.05, 3.63) is 35.9 Å². The molecule has 2 aliphatic rings. The predicted molar refractivity (Wildman–Crippen MR) is 68.2 cm³/mol. The molecular weight excluding hydrogens is 244 g/mol. The van der Waals surface area contributed by atoms with Gasteiger partial charge in [-0.3, -0.25) is 9.59 Å². The van der Waals surface area contributed by atoms with Crippen LogP contribution < -0.4 is 5.32 Å². The summed E-state index contributed by atoms with van der Waals surface area (Å²) in [6, 6.07) is 8.59. The third kappa shape index (κ3) is 2.21. The van der Waals surface area contributed by atoms with Crippen molar-refractivity contribution in [1.29, 1.82) is 0 Å². The Bertz CT molecular complexity index is 503. The van der Waals surface area contributed by atoms with Crippen LogP contribution in [-0.2, 0) is 16.0 Å². The summed E-state index contributed by atoms with van der Waals surface area (Å²) in [5.41, 5.74) is 1.01. The largest absolute Gasteiger partial charge is 0.391 e. The molecule has 0 bridgehead atoms. The molecule has 3 atom stereocenters. The average Bonchev–Trinajstić information content (AvgIpc) is 2.80. The third-order valence-electron chi connectivity index (χ3n) is 3.76. The standard InChI is InChI=1S/C14H16N2O3/c17-10-7-12-13(18)15-11(14(19)16(12)8-10)6-9-4-2-1-3-5-9/h1-5,10-12,17H,6-8H2,(H,15,18)/t10-,11+,12+/m0/s1. The van der Waals surface area contributed by atoms with Crippen molar-refractivity contribution in [1.82, 2.24) is 10.2 Å². The van der Waals surface area contributed by atoms with Gasteiger partial charge in [-0.15, -0.1) is 0 Å². The van der Waals surface area contributed by atoms with Crippen LogP contribution in [0, 0.1) is 0 Å². The summed E-state index contributed by atoms with van der Waals surface area (Å²) < 4.78 is 0. The van der Waals surface area contributed by atoms with Crippen molar-refractivity contribution in [2.75, 3.05) is 6.54 Å². The Kier molecular flexibility index (Phi) is 2.98. The van der Waals surface area contributed by atoms with Crippen molar-refractivity contribution >= 4 is 11.8 Å². The van der Waals surface area contributed by atoms with E-state index in [1.54, 1.807) is 0 Å². The van der Waals surface area contributed by atoms with Gasteiger partial charge in [-0.25, -0.2) is 0 Å². The van der Waals surface area contributed by atoms with Crippen molar-refractivity contribution in [3.63, 3.8) is 0 Å². The molecule has 0 unspecified atom stereocenters. The van der Waals surface area contributed by atoms with E-state index < -0.39 is 18.2 Å². The van der Waals surface area contributed by atoms with Crippen molar-refractivity contribution in [3.8, 4) is 0 Å². The monoisotopic (exact) mass is 260 g/mol. The van der Waals surface area contributed by atoms with Gasteiger partial charge >= 0.3 is 0 Å². The first-order valence-corrected chi connectivity index (χ1v) is 6.48. The molecule has 2 aliphatic heterocycles. The van der Waals surface area contributed by atoms with Gasteiger partial charge in [0.15, 0.2) is 0 Å². The van der Waals surface area contributed by atoms with Crippen LogP contribution in [0.3, 0.4) is 0 Å². The molecule has 0 aliphatic carbocycles. The number of amides is 2. The van der Waals surface area contributed by atoms with Gasteiger partial charge in [0, 0.05) is 19.4 Å². The van der Waals surface area contributed by atoms with Crippen LogP contribution in [0.2, 0.25) is 0 Å². The summed E-state index contributed by atoms with van der Waals surface area (Å²) in [5, 5.41) is 12.4. The third-order valence-corrected chi connectivity index (χ3v) is 3.76. The van der Waals surface area contributed by atoms with Crippen molar-refractivity contribution < 1.29 is 14.7 Å². The molecule has 2 fully saturated rings. The summed E-state index contributed by atoms with van der Waals surface area (Å²) in [7, 11) is 0. The quantitative estimate of drug-likeness (QED) is 0.766. The second kappa shape index (κ2) is 4.66. The van der Waals surface area contributed by atoms with Gasteiger partial charge in [-0.05, 0) is 5.56 Å². The predicted octanol–water partition coefficient (Wildman–Crippen LogP) is -0.311. The lowest BCUT2D eigenvalue weighted by Crippen LogP contribution is -2.61. The maximum absolute atomic E-state index is 12.3. The van der Waals surface area contributed by atoms with E-state index in [4.69, 9.17) is 0 Å². The van der Waals surface area contributed by atoms with Gasteiger partial charge in [-0.2, -0.15) is 0 Å². The molecular formula is C14H16N2O3. The average molecular weight is 260 g/mol. The molecule has 2 saturated heterocycles. The highest BCUT2D eigenvalue weighted by Gasteiger charge is 2.45. The van der Waals surface area contributed by atoms with E-state index in [0.717, 1.165) is 5.56 Å². The molecule has 2 heterocycles. The Balaban J connectivity index is 1.77. The molecule has 1 aromatic rings. The number of carbonyl (C=O) groups is 2. The van der Waals surface area contributed by atoms with E-state index >= 15 is 0 Å². The van der Waals surface area contributed by atoms with E-state index in [0.29, 0.717) is 12.8 Å². The first-order chi connectivity index (χ1) is 9.15. The van der Waals surface area contributed by atoms with Gasteiger partial charge in [0.05, 0.1) is 6.10 Å². The molecule has 5 nitrogen and oxygen atoms in total. The maximum Gasteiger partial charge on any atom is 0.246 e. The number of nitrogens with zero attached hydrogens (tertiary/aromatic N) is 1. The summed E-state index contributed by atoms with van der Waals surface area (Å²) in [6.45, 7) is 0.266. The SMILES string of the molecule is O=C1N[C@H](Cc2ccccc2)C(=O)N2C[C@@H](O)C[C@H]12. The number of fused-ring (bicyclic) bond motifs is 1.